The van der Waals surface area contributed by atoms with Gasteiger partial charge in [0.25, 0.3) is 5.91 Å². The second kappa shape index (κ2) is 8.57. The maximum atomic E-state index is 14.1. The Morgan fingerprint density at radius 1 is 1.11 bits per heavy atom. The van der Waals surface area contributed by atoms with Crippen molar-refractivity contribution in [2.45, 2.75) is 18.7 Å². The fourth-order valence-electron chi connectivity index (χ4n) is 2.69. The van der Waals surface area contributed by atoms with E-state index in [1.54, 1.807) is 32.8 Å². The predicted molar refractivity (Wildman–Crippen MR) is 107 cm³/mol. The Hall–Kier alpha value is -2.65. The molecule has 2 N–H and O–H groups in total. The highest BCUT2D eigenvalue weighted by Gasteiger charge is 2.23. The van der Waals surface area contributed by atoms with Crippen LogP contribution in [0.25, 0.3) is 0 Å². The maximum Gasteiger partial charge on any atom is 0.255 e. The summed E-state index contributed by atoms with van der Waals surface area (Å²) in [5.41, 5.74) is 0.293. The summed E-state index contributed by atoms with van der Waals surface area (Å²) < 4.78 is 40.6. The SMILES string of the molecule is CCN(CC)S(=O)(=O)c1ccc(O)c(NC(=O)c2ccc(N(C)C)c(F)c2)c1. The van der Waals surface area contributed by atoms with E-state index in [4.69, 9.17) is 0 Å². The van der Waals surface area contributed by atoms with E-state index in [0.29, 0.717) is 18.8 Å². The summed E-state index contributed by atoms with van der Waals surface area (Å²) in [4.78, 5) is 14.0. The van der Waals surface area contributed by atoms with Crippen molar-refractivity contribution in [3.63, 3.8) is 0 Å². The zero-order chi connectivity index (χ0) is 21.1. The smallest absolute Gasteiger partial charge is 0.255 e. The first-order valence-electron chi connectivity index (χ1n) is 8.73. The standard InChI is InChI=1S/C19H24FN3O4S/c1-5-23(6-2)28(26,27)14-8-10-18(24)16(12-14)21-19(25)13-7-9-17(22(3)4)15(20)11-13/h7-12,24H,5-6H2,1-4H3,(H,21,25). The van der Waals surface area contributed by atoms with Crippen LogP contribution < -0.4 is 10.2 Å². The van der Waals surface area contributed by atoms with E-state index in [9.17, 15) is 22.7 Å². The summed E-state index contributed by atoms with van der Waals surface area (Å²) in [6, 6.07) is 7.64. The van der Waals surface area contributed by atoms with Crippen LogP contribution in [0.1, 0.15) is 24.2 Å². The van der Waals surface area contributed by atoms with Gasteiger partial charge >= 0.3 is 0 Å². The Morgan fingerprint density at radius 2 is 1.75 bits per heavy atom. The first-order valence-corrected chi connectivity index (χ1v) is 10.2. The van der Waals surface area contributed by atoms with Gasteiger partial charge in [-0.15, -0.1) is 0 Å². The van der Waals surface area contributed by atoms with Crippen LogP contribution in [-0.4, -0.2) is 50.9 Å². The summed E-state index contributed by atoms with van der Waals surface area (Å²) in [5.74, 6) is -1.53. The van der Waals surface area contributed by atoms with Gasteiger partial charge in [0, 0.05) is 32.7 Å². The molecule has 0 bridgehead atoms. The van der Waals surface area contributed by atoms with Crippen LogP contribution in [0.15, 0.2) is 41.3 Å². The number of hydrogen-bond donors (Lipinski definition) is 2. The van der Waals surface area contributed by atoms with Gasteiger partial charge in [0.05, 0.1) is 16.3 Å². The highest BCUT2D eigenvalue weighted by atomic mass is 32.2. The molecule has 9 heteroatoms. The number of nitrogens with zero attached hydrogens (tertiary/aromatic N) is 2. The number of hydrogen-bond acceptors (Lipinski definition) is 5. The molecule has 0 spiro atoms. The van der Waals surface area contributed by atoms with Crippen molar-refractivity contribution in [2.75, 3.05) is 37.4 Å². The van der Waals surface area contributed by atoms with Crippen molar-refractivity contribution >= 4 is 27.3 Å². The van der Waals surface area contributed by atoms with Crippen molar-refractivity contribution < 1.29 is 22.7 Å². The molecule has 0 aliphatic rings. The van der Waals surface area contributed by atoms with Crippen LogP contribution in [0, 0.1) is 5.82 Å². The number of halogens is 1. The van der Waals surface area contributed by atoms with Crippen molar-refractivity contribution in [3.8, 4) is 5.75 Å². The lowest BCUT2D eigenvalue weighted by atomic mass is 10.1. The van der Waals surface area contributed by atoms with Crippen LogP contribution in [0.4, 0.5) is 15.8 Å². The van der Waals surface area contributed by atoms with E-state index in [1.807, 2.05) is 0 Å². The number of carbonyl (C=O) groups excluding carboxylic acids is 1. The topological polar surface area (TPSA) is 90.0 Å². The Morgan fingerprint density at radius 3 is 2.29 bits per heavy atom. The molecule has 28 heavy (non-hydrogen) atoms. The molecule has 0 aliphatic heterocycles. The van der Waals surface area contributed by atoms with E-state index < -0.39 is 21.7 Å². The molecule has 0 aliphatic carbocycles. The number of carbonyl (C=O) groups is 1. The molecular weight excluding hydrogens is 385 g/mol. The monoisotopic (exact) mass is 409 g/mol. The Kier molecular flexibility index (Phi) is 6.63. The van der Waals surface area contributed by atoms with Crippen LogP contribution in [-0.2, 0) is 10.0 Å². The first-order chi connectivity index (χ1) is 13.1. The van der Waals surface area contributed by atoms with Crippen molar-refractivity contribution in [2.24, 2.45) is 0 Å². The number of phenolic OH excluding ortho intramolecular Hbond substituents is 1. The number of rotatable bonds is 7. The van der Waals surface area contributed by atoms with E-state index in [1.165, 1.54) is 34.6 Å². The third-order valence-electron chi connectivity index (χ3n) is 4.25. The number of anilines is 2. The predicted octanol–water partition coefficient (Wildman–Crippen LogP) is 2.88. The van der Waals surface area contributed by atoms with Gasteiger partial charge in [0.2, 0.25) is 10.0 Å². The zero-order valence-electron chi connectivity index (χ0n) is 16.2. The third kappa shape index (κ3) is 4.42. The number of benzene rings is 2. The molecule has 152 valence electrons. The molecule has 0 fully saturated rings. The average molecular weight is 409 g/mol. The molecule has 0 saturated heterocycles. The molecular formula is C19H24FN3O4S. The number of nitrogens with one attached hydrogen (secondary N) is 1. The average Bonchev–Trinajstić information content (AvgIpc) is 2.63. The Labute approximate surface area is 164 Å². The first kappa shape index (κ1) is 21.6. The van der Waals surface area contributed by atoms with Crippen molar-refractivity contribution in [1.82, 2.24) is 4.31 Å². The number of phenols is 1. The lowest BCUT2D eigenvalue weighted by Gasteiger charge is -2.19. The molecule has 7 nitrogen and oxygen atoms in total. The Bertz CT molecular complexity index is 973. The second-order valence-electron chi connectivity index (χ2n) is 6.28. The third-order valence-corrected chi connectivity index (χ3v) is 6.30. The normalized spacial score (nSPS) is 11.5. The minimum absolute atomic E-state index is 0.0412. The number of sulfonamides is 1. The lowest BCUT2D eigenvalue weighted by Crippen LogP contribution is -2.30. The molecule has 2 aromatic rings. The van der Waals surface area contributed by atoms with Crippen LogP contribution in [0.2, 0.25) is 0 Å². The quantitative estimate of drug-likeness (QED) is 0.687. The summed E-state index contributed by atoms with van der Waals surface area (Å²) in [5, 5.41) is 12.5. The Balaban J connectivity index is 2.34. The number of amides is 1. The maximum absolute atomic E-state index is 14.1. The van der Waals surface area contributed by atoms with Gasteiger partial charge in [-0.2, -0.15) is 4.31 Å². The molecule has 2 rings (SSSR count). The fourth-order valence-corrected chi connectivity index (χ4v) is 4.18. The summed E-state index contributed by atoms with van der Waals surface area (Å²) >= 11 is 0. The van der Waals surface area contributed by atoms with E-state index in [-0.39, 0.29) is 21.9 Å². The van der Waals surface area contributed by atoms with Gasteiger partial charge in [-0.25, -0.2) is 12.8 Å². The minimum Gasteiger partial charge on any atom is -0.506 e. The summed E-state index contributed by atoms with van der Waals surface area (Å²) in [7, 11) is -0.400. The molecule has 2 aromatic carbocycles. The van der Waals surface area contributed by atoms with Gasteiger partial charge in [0.15, 0.2) is 0 Å². The van der Waals surface area contributed by atoms with E-state index in [0.717, 1.165) is 6.07 Å². The van der Waals surface area contributed by atoms with Gasteiger partial charge in [-0.3, -0.25) is 4.79 Å². The van der Waals surface area contributed by atoms with Crippen molar-refractivity contribution in [3.05, 3.63) is 47.8 Å². The lowest BCUT2D eigenvalue weighted by molar-refractivity contribution is 0.102. The van der Waals surface area contributed by atoms with E-state index >= 15 is 0 Å². The molecule has 0 heterocycles. The largest absolute Gasteiger partial charge is 0.506 e. The fraction of sp³-hybridized carbons (Fsp3) is 0.316. The molecule has 0 saturated carbocycles. The molecule has 0 unspecified atom stereocenters. The van der Waals surface area contributed by atoms with Crippen molar-refractivity contribution in [1.29, 1.82) is 0 Å². The van der Waals surface area contributed by atoms with Gasteiger partial charge in [0.1, 0.15) is 11.6 Å². The highest BCUT2D eigenvalue weighted by Crippen LogP contribution is 2.29. The van der Waals surface area contributed by atoms with Crippen LogP contribution >= 0.6 is 0 Å². The van der Waals surface area contributed by atoms with E-state index in [2.05, 4.69) is 5.32 Å². The van der Waals surface area contributed by atoms with Crippen LogP contribution in [0.3, 0.4) is 0 Å². The van der Waals surface area contributed by atoms with Gasteiger partial charge in [-0.1, -0.05) is 13.8 Å². The molecule has 1 amide bonds. The number of aromatic hydroxyl groups is 1. The second-order valence-corrected chi connectivity index (χ2v) is 8.22. The summed E-state index contributed by atoms with van der Waals surface area (Å²) in [6.45, 7) is 4.02. The minimum atomic E-state index is -3.76. The molecule has 0 radical (unpaired) electrons. The summed E-state index contributed by atoms with van der Waals surface area (Å²) in [6.07, 6.45) is 0. The highest BCUT2D eigenvalue weighted by molar-refractivity contribution is 7.89. The molecule has 0 atom stereocenters. The van der Waals surface area contributed by atoms with Gasteiger partial charge in [-0.05, 0) is 36.4 Å². The molecule has 0 aromatic heterocycles. The van der Waals surface area contributed by atoms with Crippen LogP contribution in [0.5, 0.6) is 5.75 Å². The zero-order valence-corrected chi connectivity index (χ0v) is 17.0. The van der Waals surface area contributed by atoms with Gasteiger partial charge < -0.3 is 15.3 Å².